The lowest BCUT2D eigenvalue weighted by Gasteiger charge is -2.08. The minimum absolute atomic E-state index is 0.0323. The summed E-state index contributed by atoms with van der Waals surface area (Å²) in [6.07, 6.45) is 0. The normalized spacial score (nSPS) is 14.6. The van der Waals surface area contributed by atoms with Gasteiger partial charge in [-0.3, -0.25) is 9.59 Å². The number of hydrogen-bond donors (Lipinski definition) is 1. The molecular weight excluding hydrogens is 218 g/mol. The van der Waals surface area contributed by atoms with Gasteiger partial charge < -0.3 is 10.1 Å². The van der Waals surface area contributed by atoms with Crippen LogP contribution < -0.4 is 10.1 Å². The Kier molecular flexibility index (Phi) is 3.13. The smallest absolute Gasteiger partial charge is 0.255 e. The van der Waals surface area contributed by atoms with Crippen molar-refractivity contribution in [2.75, 3.05) is 13.2 Å². The first-order valence-electron chi connectivity index (χ1n) is 5.69. The third kappa shape index (κ3) is 2.30. The molecule has 17 heavy (non-hydrogen) atoms. The molecule has 0 saturated heterocycles. The van der Waals surface area contributed by atoms with Gasteiger partial charge in [0.25, 0.3) is 5.91 Å². The van der Waals surface area contributed by atoms with E-state index in [1.54, 1.807) is 18.2 Å². The van der Waals surface area contributed by atoms with Crippen molar-refractivity contribution in [3.63, 3.8) is 0 Å². The number of rotatable bonds is 2. The molecule has 1 heterocycles. The highest BCUT2D eigenvalue weighted by Crippen LogP contribution is 2.23. The predicted octanol–water partition coefficient (Wildman–Crippen LogP) is 1.65. The van der Waals surface area contributed by atoms with Gasteiger partial charge in [-0.25, -0.2) is 0 Å². The first kappa shape index (κ1) is 11.6. The molecule has 0 aliphatic carbocycles. The number of carbonyl (C=O) groups is 2. The third-order valence-electron chi connectivity index (χ3n) is 2.68. The van der Waals surface area contributed by atoms with Crippen molar-refractivity contribution < 1.29 is 14.3 Å². The average molecular weight is 233 g/mol. The second-order valence-electron chi connectivity index (χ2n) is 4.33. The average Bonchev–Trinajstić information content (AvgIpc) is 2.50. The van der Waals surface area contributed by atoms with Crippen LogP contribution in [0.5, 0.6) is 5.75 Å². The summed E-state index contributed by atoms with van der Waals surface area (Å²) in [4.78, 5) is 23.6. The van der Waals surface area contributed by atoms with Crippen LogP contribution in [0.1, 0.15) is 34.6 Å². The molecule has 0 unspecified atom stereocenters. The van der Waals surface area contributed by atoms with Crippen LogP contribution in [0.25, 0.3) is 0 Å². The van der Waals surface area contributed by atoms with E-state index in [1.807, 2.05) is 13.8 Å². The van der Waals surface area contributed by atoms with Crippen molar-refractivity contribution in [2.45, 2.75) is 13.8 Å². The molecule has 4 heteroatoms. The molecule has 1 N–H and O–H groups in total. The number of carbonyl (C=O) groups excluding carboxylic acids is 2. The maximum absolute atomic E-state index is 11.9. The van der Waals surface area contributed by atoms with Crippen molar-refractivity contribution in [1.29, 1.82) is 0 Å². The van der Waals surface area contributed by atoms with Crippen molar-refractivity contribution in [1.82, 2.24) is 5.32 Å². The SMILES string of the molecule is CC(C)C(=O)c1ccc2c(c1)C(=O)NCCO2. The molecule has 0 saturated carbocycles. The number of fused-ring (bicyclic) bond motifs is 1. The fourth-order valence-electron chi connectivity index (χ4n) is 1.74. The van der Waals surface area contributed by atoms with Gasteiger partial charge >= 0.3 is 0 Å². The van der Waals surface area contributed by atoms with Crippen molar-refractivity contribution in [2.24, 2.45) is 5.92 Å². The molecule has 4 nitrogen and oxygen atoms in total. The lowest BCUT2D eigenvalue weighted by Crippen LogP contribution is -2.24. The molecule has 2 rings (SSSR count). The Labute approximate surface area is 100.0 Å². The van der Waals surface area contributed by atoms with Gasteiger partial charge in [0, 0.05) is 11.5 Å². The number of ether oxygens (including phenoxy) is 1. The van der Waals surface area contributed by atoms with Crippen molar-refractivity contribution in [3.05, 3.63) is 29.3 Å². The van der Waals surface area contributed by atoms with E-state index in [2.05, 4.69) is 5.32 Å². The van der Waals surface area contributed by atoms with E-state index in [0.717, 1.165) is 0 Å². The van der Waals surface area contributed by atoms with Gasteiger partial charge in [-0.1, -0.05) is 13.8 Å². The van der Waals surface area contributed by atoms with E-state index in [1.165, 1.54) is 0 Å². The Hall–Kier alpha value is -1.84. The van der Waals surface area contributed by atoms with E-state index in [0.29, 0.717) is 30.0 Å². The molecule has 1 aliphatic heterocycles. The highest BCUT2D eigenvalue weighted by atomic mass is 16.5. The summed E-state index contributed by atoms with van der Waals surface area (Å²) in [5, 5.41) is 2.72. The van der Waals surface area contributed by atoms with Gasteiger partial charge in [0.05, 0.1) is 12.1 Å². The molecule has 0 fully saturated rings. The van der Waals surface area contributed by atoms with Crippen LogP contribution in [0.2, 0.25) is 0 Å². The number of hydrogen-bond acceptors (Lipinski definition) is 3. The van der Waals surface area contributed by atoms with Gasteiger partial charge in [-0.05, 0) is 18.2 Å². The van der Waals surface area contributed by atoms with Gasteiger partial charge in [-0.2, -0.15) is 0 Å². The van der Waals surface area contributed by atoms with Gasteiger partial charge in [0.2, 0.25) is 0 Å². The molecule has 0 radical (unpaired) electrons. The number of benzene rings is 1. The van der Waals surface area contributed by atoms with Crippen LogP contribution >= 0.6 is 0 Å². The summed E-state index contributed by atoms with van der Waals surface area (Å²) in [5.41, 5.74) is 0.994. The van der Waals surface area contributed by atoms with Crippen molar-refractivity contribution >= 4 is 11.7 Å². The summed E-state index contributed by atoms with van der Waals surface area (Å²) in [6.45, 7) is 4.62. The van der Waals surface area contributed by atoms with Gasteiger partial charge in [0.15, 0.2) is 5.78 Å². The van der Waals surface area contributed by atoms with Crippen LogP contribution in [0.15, 0.2) is 18.2 Å². The second kappa shape index (κ2) is 4.57. The van der Waals surface area contributed by atoms with Crippen molar-refractivity contribution in [3.8, 4) is 5.75 Å². The molecule has 1 aromatic carbocycles. The summed E-state index contributed by atoms with van der Waals surface area (Å²) in [7, 11) is 0. The Morgan fingerprint density at radius 3 is 2.88 bits per heavy atom. The summed E-state index contributed by atoms with van der Waals surface area (Å²) < 4.78 is 5.42. The zero-order valence-corrected chi connectivity index (χ0v) is 9.95. The van der Waals surface area contributed by atoms with E-state index in [9.17, 15) is 9.59 Å². The zero-order valence-electron chi connectivity index (χ0n) is 9.95. The number of ketones is 1. The maximum Gasteiger partial charge on any atom is 0.255 e. The lowest BCUT2D eigenvalue weighted by atomic mass is 9.99. The minimum Gasteiger partial charge on any atom is -0.491 e. The van der Waals surface area contributed by atoms with Gasteiger partial charge in [0.1, 0.15) is 12.4 Å². The summed E-state index contributed by atoms with van der Waals surface area (Å²) in [6, 6.07) is 5.01. The topological polar surface area (TPSA) is 55.4 Å². The van der Waals surface area contributed by atoms with Crippen LogP contribution in [0.3, 0.4) is 0 Å². The summed E-state index contributed by atoms with van der Waals surface area (Å²) in [5.74, 6) is 0.309. The predicted molar refractivity (Wildman–Crippen MR) is 63.4 cm³/mol. The lowest BCUT2D eigenvalue weighted by molar-refractivity contribution is 0.0939. The Bertz CT molecular complexity index is 466. The molecule has 0 bridgehead atoms. The number of amides is 1. The molecule has 1 amide bonds. The van der Waals surface area contributed by atoms with E-state index < -0.39 is 0 Å². The standard InChI is InChI=1S/C13H15NO3/c1-8(2)12(15)9-3-4-11-10(7-9)13(16)14-5-6-17-11/h3-4,7-8H,5-6H2,1-2H3,(H,14,16). The highest BCUT2D eigenvalue weighted by Gasteiger charge is 2.19. The minimum atomic E-state index is -0.184. The van der Waals surface area contributed by atoms with Crippen LogP contribution in [0, 0.1) is 5.92 Å². The molecule has 1 aliphatic rings. The largest absolute Gasteiger partial charge is 0.491 e. The highest BCUT2D eigenvalue weighted by molar-refractivity contribution is 6.03. The van der Waals surface area contributed by atoms with Crippen LogP contribution in [-0.2, 0) is 0 Å². The second-order valence-corrected chi connectivity index (χ2v) is 4.33. The number of Topliss-reactive ketones (excluding diaryl/α,β-unsaturated/α-hetero) is 1. The first-order valence-corrected chi connectivity index (χ1v) is 5.69. The molecular formula is C13H15NO3. The Balaban J connectivity index is 2.41. The van der Waals surface area contributed by atoms with E-state index >= 15 is 0 Å². The van der Waals surface area contributed by atoms with Crippen LogP contribution in [-0.4, -0.2) is 24.8 Å². The van der Waals surface area contributed by atoms with E-state index in [-0.39, 0.29) is 17.6 Å². The zero-order chi connectivity index (χ0) is 12.4. The monoisotopic (exact) mass is 233 g/mol. The molecule has 90 valence electrons. The molecule has 0 aromatic heterocycles. The van der Waals surface area contributed by atoms with Gasteiger partial charge in [-0.15, -0.1) is 0 Å². The Morgan fingerprint density at radius 1 is 1.41 bits per heavy atom. The van der Waals surface area contributed by atoms with E-state index in [4.69, 9.17) is 4.74 Å². The third-order valence-corrected chi connectivity index (χ3v) is 2.68. The van der Waals surface area contributed by atoms with Crippen LogP contribution in [0.4, 0.5) is 0 Å². The molecule has 0 atom stereocenters. The fraction of sp³-hybridized carbons (Fsp3) is 0.385. The molecule has 0 spiro atoms. The quantitative estimate of drug-likeness (QED) is 0.790. The fourth-order valence-corrected chi connectivity index (χ4v) is 1.74. The summed E-state index contributed by atoms with van der Waals surface area (Å²) >= 11 is 0. The Morgan fingerprint density at radius 2 is 2.18 bits per heavy atom. The maximum atomic E-state index is 11.9. The number of nitrogens with one attached hydrogen (secondary N) is 1. The molecule has 1 aromatic rings. The first-order chi connectivity index (χ1) is 8.09.